The van der Waals surface area contributed by atoms with Crippen molar-refractivity contribution in [2.24, 2.45) is 0 Å². The number of pyridine rings is 1. The molecule has 0 saturated heterocycles. The molecule has 0 aliphatic heterocycles. The van der Waals surface area contributed by atoms with Crippen molar-refractivity contribution in [3.8, 4) is 0 Å². The molecule has 1 nitrogen and oxygen atoms in total. The van der Waals surface area contributed by atoms with Crippen LogP contribution in [0.1, 0.15) is 16.8 Å². The Morgan fingerprint density at radius 3 is 2.73 bits per heavy atom. The van der Waals surface area contributed by atoms with Crippen molar-refractivity contribution in [1.82, 2.24) is 4.98 Å². The normalized spacial score (nSPS) is 10.6. The van der Waals surface area contributed by atoms with Crippen molar-refractivity contribution < 1.29 is 0 Å². The molecule has 0 spiro atoms. The Labute approximate surface area is 98.0 Å². The van der Waals surface area contributed by atoms with Gasteiger partial charge in [0.15, 0.2) is 0 Å². The number of nitrogens with zero attached hydrogens (tertiary/aromatic N) is 1. The van der Waals surface area contributed by atoms with Gasteiger partial charge in [-0.1, -0.05) is 12.7 Å². The quantitative estimate of drug-likeness (QED) is 0.748. The first-order valence-electron chi connectivity index (χ1n) is 4.82. The third kappa shape index (κ3) is 1.70. The lowest BCUT2D eigenvalue weighted by Gasteiger charge is -2.08. The van der Waals surface area contributed by atoms with Crippen LogP contribution in [0.3, 0.4) is 0 Å². The highest BCUT2D eigenvalue weighted by Gasteiger charge is 2.07. The summed E-state index contributed by atoms with van der Waals surface area (Å²) in [6.07, 6.45) is 1.87. The maximum Gasteiger partial charge on any atom is 0.0719 e. The zero-order chi connectivity index (χ0) is 11.0. The molecule has 0 fully saturated rings. The molecule has 76 valence electrons. The van der Waals surface area contributed by atoms with Gasteiger partial charge in [-0.05, 0) is 59.1 Å². The second-order valence-electron chi connectivity index (χ2n) is 3.64. The Bertz CT molecular complexity index is 544. The first kappa shape index (κ1) is 10.4. The lowest BCUT2D eigenvalue weighted by molar-refractivity contribution is 1.25. The van der Waals surface area contributed by atoms with Crippen LogP contribution in [-0.4, -0.2) is 4.98 Å². The Balaban J connectivity index is 2.90. The highest BCUT2D eigenvalue weighted by molar-refractivity contribution is 9.10. The van der Waals surface area contributed by atoms with Crippen LogP contribution in [0, 0.1) is 13.8 Å². The molecule has 2 heteroatoms. The van der Waals surface area contributed by atoms with Crippen LogP contribution < -0.4 is 0 Å². The number of hydrogen-bond acceptors (Lipinski definition) is 1. The van der Waals surface area contributed by atoms with Crippen LogP contribution >= 0.6 is 15.9 Å². The van der Waals surface area contributed by atoms with Crippen molar-refractivity contribution >= 4 is 32.9 Å². The number of halogens is 1. The SMILES string of the molecule is C=Cc1c(C)cc2nc(C)ccc2c1Br. The molecule has 0 N–H and O–H groups in total. The summed E-state index contributed by atoms with van der Waals surface area (Å²) in [5.74, 6) is 0. The van der Waals surface area contributed by atoms with E-state index >= 15 is 0 Å². The van der Waals surface area contributed by atoms with E-state index in [2.05, 4.69) is 46.5 Å². The highest BCUT2D eigenvalue weighted by Crippen LogP contribution is 2.30. The monoisotopic (exact) mass is 261 g/mol. The third-order valence-corrected chi connectivity index (χ3v) is 3.37. The minimum absolute atomic E-state index is 1.03. The second kappa shape index (κ2) is 3.78. The molecule has 15 heavy (non-hydrogen) atoms. The topological polar surface area (TPSA) is 12.9 Å². The largest absolute Gasteiger partial charge is 0.253 e. The molecule has 0 aliphatic carbocycles. The van der Waals surface area contributed by atoms with E-state index in [-0.39, 0.29) is 0 Å². The molecule has 1 aromatic heterocycles. The van der Waals surface area contributed by atoms with Crippen molar-refractivity contribution in [1.29, 1.82) is 0 Å². The lowest BCUT2D eigenvalue weighted by atomic mass is 10.0. The average molecular weight is 262 g/mol. The van der Waals surface area contributed by atoms with Gasteiger partial charge in [0, 0.05) is 15.6 Å². The van der Waals surface area contributed by atoms with Gasteiger partial charge in [0.2, 0.25) is 0 Å². The molecule has 2 aromatic rings. The van der Waals surface area contributed by atoms with Crippen LogP contribution in [-0.2, 0) is 0 Å². The summed E-state index contributed by atoms with van der Waals surface area (Å²) in [4.78, 5) is 4.51. The predicted octanol–water partition coefficient (Wildman–Crippen LogP) is 4.26. The van der Waals surface area contributed by atoms with Crippen LogP contribution in [0.4, 0.5) is 0 Å². The fourth-order valence-corrected chi connectivity index (χ4v) is 2.53. The van der Waals surface area contributed by atoms with Crippen LogP contribution in [0.15, 0.2) is 29.3 Å². The van der Waals surface area contributed by atoms with Crippen LogP contribution in [0.5, 0.6) is 0 Å². The van der Waals surface area contributed by atoms with Gasteiger partial charge in [-0.2, -0.15) is 0 Å². The average Bonchev–Trinajstić information content (AvgIpc) is 2.17. The molecule has 1 aromatic carbocycles. The summed E-state index contributed by atoms with van der Waals surface area (Å²) >= 11 is 3.61. The molecule has 0 amide bonds. The summed E-state index contributed by atoms with van der Waals surface area (Å²) < 4.78 is 1.08. The Morgan fingerprint density at radius 2 is 2.07 bits per heavy atom. The maximum absolute atomic E-state index is 4.51. The van der Waals surface area contributed by atoms with E-state index in [1.807, 2.05) is 19.1 Å². The fourth-order valence-electron chi connectivity index (χ4n) is 1.72. The summed E-state index contributed by atoms with van der Waals surface area (Å²) in [5.41, 5.74) is 4.42. The van der Waals surface area contributed by atoms with E-state index < -0.39 is 0 Å². The zero-order valence-electron chi connectivity index (χ0n) is 8.84. The number of rotatable bonds is 1. The summed E-state index contributed by atoms with van der Waals surface area (Å²) in [7, 11) is 0. The van der Waals surface area contributed by atoms with Gasteiger partial charge in [0.25, 0.3) is 0 Å². The number of fused-ring (bicyclic) bond motifs is 1. The molecule has 0 unspecified atom stereocenters. The molecule has 0 bridgehead atoms. The van der Waals surface area contributed by atoms with E-state index in [0.717, 1.165) is 26.6 Å². The molecule has 0 aliphatic rings. The summed E-state index contributed by atoms with van der Waals surface area (Å²) in [5, 5.41) is 1.14. The Kier molecular flexibility index (Phi) is 2.61. The van der Waals surface area contributed by atoms with Crippen molar-refractivity contribution in [3.63, 3.8) is 0 Å². The summed E-state index contributed by atoms with van der Waals surface area (Å²) in [6.45, 7) is 7.91. The molecule has 1 heterocycles. The number of aryl methyl sites for hydroxylation is 2. The van der Waals surface area contributed by atoms with E-state index in [1.54, 1.807) is 0 Å². The lowest BCUT2D eigenvalue weighted by Crippen LogP contribution is -1.89. The second-order valence-corrected chi connectivity index (χ2v) is 4.44. The Morgan fingerprint density at radius 1 is 1.33 bits per heavy atom. The van der Waals surface area contributed by atoms with E-state index in [9.17, 15) is 0 Å². The molecule has 0 saturated carbocycles. The molecular weight excluding hydrogens is 250 g/mol. The van der Waals surface area contributed by atoms with E-state index in [0.29, 0.717) is 0 Å². The summed E-state index contributed by atoms with van der Waals surface area (Å²) in [6, 6.07) is 6.22. The molecule has 0 atom stereocenters. The van der Waals surface area contributed by atoms with Crippen molar-refractivity contribution in [3.05, 3.63) is 46.1 Å². The van der Waals surface area contributed by atoms with Gasteiger partial charge < -0.3 is 0 Å². The zero-order valence-corrected chi connectivity index (χ0v) is 10.4. The van der Waals surface area contributed by atoms with Gasteiger partial charge in [0.05, 0.1) is 5.52 Å². The minimum Gasteiger partial charge on any atom is -0.253 e. The Hall–Kier alpha value is -1.15. The highest BCUT2D eigenvalue weighted by atomic mass is 79.9. The van der Waals surface area contributed by atoms with Crippen molar-refractivity contribution in [2.45, 2.75) is 13.8 Å². The number of hydrogen-bond donors (Lipinski definition) is 0. The van der Waals surface area contributed by atoms with Crippen molar-refractivity contribution in [2.75, 3.05) is 0 Å². The van der Waals surface area contributed by atoms with E-state index in [4.69, 9.17) is 0 Å². The molecular formula is C13H12BrN. The predicted molar refractivity (Wildman–Crippen MR) is 69.0 cm³/mol. The molecule has 2 rings (SSSR count). The van der Waals surface area contributed by atoms with Gasteiger partial charge >= 0.3 is 0 Å². The number of aromatic nitrogens is 1. The first-order valence-corrected chi connectivity index (χ1v) is 5.61. The fraction of sp³-hybridized carbons (Fsp3) is 0.154. The van der Waals surface area contributed by atoms with E-state index in [1.165, 1.54) is 5.56 Å². The van der Waals surface area contributed by atoms with Crippen LogP contribution in [0.2, 0.25) is 0 Å². The third-order valence-electron chi connectivity index (χ3n) is 2.52. The van der Waals surface area contributed by atoms with Gasteiger partial charge in [-0.3, -0.25) is 4.98 Å². The van der Waals surface area contributed by atoms with Gasteiger partial charge in [-0.25, -0.2) is 0 Å². The van der Waals surface area contributed by atoms with Gasteiger partial charge in [0.1, 0.15) is 0 Å². The minimum atomic E-state index is 1.03. The van der Waals surface area contributed by atoms with Gasteiger partial charge in [-0.15, -0.1) is 0 Å². The number of benzene rings is 1. The smallest absolute Gasteiger partial charge is 0.0719 e. The van der Waals surface area contributed by atoms with Crippen LogP contribution in [0.25, 0.3) is 17.0 Å². The first-order chi connectivity index (χ1) is 7.13. The maximum atomic E-state index is 4.51. The molecule has 0 radical (unpaired) electrons. The standard InChI is InChI=1S/C13H12BrN/c1-4-10-8(2)7-12-11(13(10)14)6-5-9(3)15-12/h4-7H,1H2,2-3H3.